The molecule has 0 spiro atoms. The van der Waals surface area contributed by atoms with E-state index in [4.69, 9.17) is 9.47 Å². The first kappa shape index (κ1) is 20.4. The maximum atomic E-state index is 12.0. The first-order valence-electron chi connectivity index (χ1n) is 7.62. The van der Waals surface area contributed by atoms with E-state index >= 15 is 0 Å². The molecule has 0 aliphatic heterocycles. The Kier molecular flexibility index (Phi) is 7.69. The predicted octanol–water partition coefficient (Wildman–Crippen LogP) is 2.81. The lowest BCUT2D eigenvalue weighted by molar-refractivity contribution is -0.144. The zero-order valence-electron chi connectivity index (χ0n) is 14.3. The fraction of sp³-hybridized carbons (Fsp3) is 0.529. The fourth-order valence-electron chi connectivity index (χ4n) is 1.94. The number of aliphatic hydroxyl groups is 1. The maximum Gasteiger partial charge on any atom is 0.407 e. The topological polar surface area (TPSA) is 84.9 Å². The molecule has 2 atom stereocenters. The van der Waals surface area contributed by atoms with Gasteiger partial charge in [-0.3, -0.25) is 4.79 Å². The van der Waals surface area contributed by atoms with Crippen LogP contribution in [0.3, 0.4) is 0 Å². The fourth-order valence-corrected chi connectivity index (χ4v) is 2.20. The predicted molar refractivity (Wildman–Crippen MR) is 93.6 cm³/mol. The third-order valence-corrected chi connectivity index (χ3v) is 3.52. The first-order valence-corrected chi connectivity index (χ1v) is 8.41. The number of hydrogen-bond acceptors (Lipinski definition) is 5. The van der Waals surface area contributed by atoms with Crippen LogP contribution in [0.2, 0.25) is 0 Å². The smallest absolute Gasteiger partial charge is 0.407 e. The second-order valence-electron chi connectivity index (χ2n) is 6.45. The van der Waals surface area contributed by atoms with E-state index in [1.54, 1.807) is 20.8 Å². The summed E-state index contributed by atoms with van der Waals surface area (Å²) in [6.45, 7) is 6.33. The van der Waals surface area contributed by atoms with Gasteiger partial charge in [-0.25, -0.2) is 4.79 Å². The summed E-state index contributed by atoms with van der Waals surface area (Å²) in [5, 5.41) is 12.9. The molecule has 0 radical (unpaired) electrons. The number of carbonyl (C=O) groups excluding carboxylic acids is 2. The Hall–Kier alpha value is -1.60. The average Bonchev–Trinajstić information content (AvgIpc) is 2.44. The molecular weight excluding hydrogens is 378 g/mol. The van der Waals surface area contributed by atoms with Gasteiger partial charge < -0.3 is 19.9 Å². The summed E-state index contributed by atoms with van der Waals surface area (Å²) >= 11 is 3.36. The van der Waals surface area contributed by atoms with Gasteiger partial charge in [-0.2, -0.15) is 0 Å². The average molecular weight is 402 g/mol. The molecule has 0 aliphatic carbocycles. The van der Waals surface area contributed by atoms with Crippen LogP contribution in [0.25, 0.3) is 0 Å². The molecule has 1 aromatic carbocycles. The lowest BCUT2D eigenvalue weighted by Crippen LogP contribution is -2.48. The molecule has 0 saturated carbocycles. The highest BCUT2D eigenvalue weighted by atomic mass is 79.9. The standard InChI is InChI=1S/C17H24BrNO5/c1-11(20)23-10-15(21)14(19-16(22)24-17(2,3)4)9-12-5-7-13(18)8-6-12/h5-8,14-15,21H,9-10H2,1-4H3,(H,19,22)/t14-,15+/m0/s1. The molecule has 134 valence electrons. The lowest BCUT2D eigenvalue weighted by Gasteiger charge is -2.26. The maximum absolute atomic E-state index is 12.0. The molecule has 7 heteroatoms. The number of nitrogens with one attached hydrogen (secondary N) is 1. The second kappa shape index (κ2) is 9.03. The summed E-state index contributed by atoms with van der Waals surface area (Å²) < 4.78 is 11.0. The van der Waals surface area contributed by atoms with Gasteiger partial charge in [0.25, 0.3) is 0 Å². The molecule has 0 heterocycles. The van der Waals surface area contributed by atoms with Gasteiger partial charge in [-0.15, -0.1) is 0 Å². The van der Waals surface area contributed by atoms with Crippen molar-refractivity contribution in [1.29, 1.82) is 0 Å². The van der Waals surface area contributed by atoms with E-state index in [0.717, 1.165) is 10.0 Å². The van der Waals surface area contributed by atoms with Gasteiger partial charge >= 0.3 is 12.1 Å². The Morgan fingerprint density at radius 3 is 2.33 bits per heavy atom. The van der Waals surface area contributed by atoms with Crippen LogP contribution in [0.1, 0.15) is 33.3 Å². The molecule has 6 nitrogen and oxygen atoms in total. The van der Waals surface area contributed by atoms with Crippen LogP contribution < -0.4 is 5.32 Å². The van der Waals surface area contributed by atoms with Crippen molar-refractivity contribution in [2.75, 3.05) is 6.61 Å². The number of halogens is 1. The number of carbonyl (C=O) groups is 2. The van der Waals surface area contributed by atoms with Crippen LogP contribution in [0, 0.1) is 0 Å². The Morgan fingerprint density at radius 1 is 1.25 bits per heavy atom. The minimum atomic E-state index is -1.05. The number of rotatable bonds is 6. The number of ether oxygens (including phenoxy) is 2. The Morgan fingerprint density at radius 2 is 1.83 bits per heavy atom. The first-order chi connectivity index (χ1) is 11.1. The third kappa shape index (κ3) is 8.31. The summed E-state index contributed by atoms with van der Waals surface area (Å²) in [5.41, 5.74) is 0.272. The minimum Gasteiger partial charge on any atom is -0.463 e. The number of aliphatic hydroxyl groups excluding tert-OH is 1. The highest BCUT2D eigenvalue weighted by Crippen LogP contribution is 2.14. The molecule has 1 rings (SSSR count). The van der Waals surface area contributed by atoms with E-state index in [1.807, 2.05) is 24.3 Å². The van der Waals surface area contributed by atoms with Crippen molar-refractivity contribution in [2.24, 2.45) is 0 Å². The van der Waals surface area contributed by atoms with Crippen molar-refractivity contribution < 1.29 is 24.2 Å². The van der Waals surface area contributed by atoms with Crippen molar-refractivity contribution in [1.82, 2.24) is 5.32 Å². The molecule has 0 aliphatic rings. The number of amides is 1. The molecule has 2 N–H and O–H groups in total. The highest BCUT2D eigenvalue weighted by molar-refractivity contribution is 9.10. The number of alkyl carbamates (subject to hydrolysis) is 1. The van der Waals surface area contributed by atoms with Gasteiger partial charge in [-0.1, -0.05) is 28.1 Å². The van der Waals surface area contributed by atoms with Gasteiger partial charge in [-0.05, 0) is 44.9 Å². The van der Waals surface area contributed by atoms with Gasteiger partial charge in [0.2, 0.25) is 0 Å². The Labute approximate surface area is 150 Å². The molecule has 24 heavy (non-hydrogen) atoms. The van der Waals surface area contributed by atoms with E-state index in [-0.39, 0.29) is 6.61 Å². The van der Waals surface area contributed by atoms with Crippen LogP contribution in [0.5, 0.6) is 0 Å². The van der Waals surface area contributed by atoms with Crippen molar-refractivity contribution >= 4 is 28.0 Å². The molecule has 1 amide bonds. The molecule has 0 saturated heterocycles. The molecule has 1 aromatic rings. The largest absolute Gasteiger partial charge is 0.463 e. The van der Waals surface area contributed by atoms with Crippen LogP contribution in [-0.2, 0) is 20.7 Å². The van der Waals surface area contributed by atoms with Gasteiger partial charge in [0.1, 0.15) is 18.3 Å². The van der Waals surface area contributed by atoms with Gasteiger partial charge in [0.05, 0.1) is 6.04 Å². The quantitative estimate of drug-likeness (QED) is 0.715. The lowest BCUT2D eigenvalue weighted by atomic mass is 10.0. The van der Waals surface area contributed by atoms with Crippen molar-refractivity contribution in [3.05, 3.63) is 34.3 Å². The summed E-state index contributed by atoms with van der Waals surface area (Å²) in [6.07, 6.45) is -1.31. The van der Waals surface area contributed by atoms with Crippen LogP contribution >= 0.6 is 15.9 Å². The number of esters is 1. The summed E-state index contributed by atoms with van der Waals surface area (Å²) in [4.78, 5) is 22.9. The number of hydrogen-bond donors (Lipinski definition) is 2. The van der Waals surface area contributed by atoms with E-state index in [9.17, 15) is 14.7 Å². The van der Waals surface area contributed by atoms with E-state index in [2.05, 4.69) is 21.2 Å². The number of benzene rings is 1. The van der Waals surface area contributed by atoms with Crippen LogP contribution in [0.15, 0.2) is 28.7 Å². The van der Waals surface area contributed by atoms with Crippen molar-refractivity contribution in [3.63, 3.8) is 0 Å². The minimum absolute atomic E-state index is 0.202. The SMILES string of the molecule is CC(=O)OC[C@@H](O)[C@H](Cc1ccc(Br)cc1)NC(=O)OC(C)(C)C. The van der Waals surface area contributed by atoms with Crippen LogP contribution in [0.4, 0.5) is 4.79 Å². The summed E-state index contributed by atoms with van der Waals surface area (Å²) in [5.74, 6) is -0.492. The zero-order valence-corrected chi connectivity index (χ0v) is 15.9. The van der Waals surface area contributed by atoms with Crippen molar-refractivity contribution in [3.8, 4) is 0 Å². The highest BCUT2D eigenvalue weighted by Gasteiger charge is 2.25. The molecular formula is C17H24BrNO5. The van der Waals surface area contributed by atoms with Crippen LogP contribution in [-0.4, -0.2) is 41.5 Å². The van der Waals surface area contributed by atoms with E-state index in [0.29, 0.717) is 6.42 Å². The normalized spacial score (nSPS) is 13.8. The van der Waals surface area contributed by atoms with E-state index < -0.39 is 29.8 Å². The molecule has 0 aromatic heterocycles. The molecule has 0 unspecified atom stereocenters. The Balaban J connectivity index is 2.79. The molecule has 0 fully saturated rings. The summed E-state index contributed by atoms with van der Waals surface area (Å²) in [6, 6.07) is 6.86. The molecule has 0 bridgehead atoms. The van der Waals surface area contributed by atoms with Crippen molar-refractivity contribution in [2.45, 2.75) is 51.9 Å². The van der Waals surface area contributed by atoms with Gasteiger partial charge in [0.15, 0.2) is 0 Å². The van der Waals surface area contributed by atoms with E-state index in [1.165, 1.54) is 6.92 Å². The summed E-state index contributed by atoms with van der Waals surface area (Å²) in [7, 11) is 0. The second-order valence-corrected chi connectivity index (χ2v) is 7.37. The third-order valence-electron chi connectivity index (χ3n) is 2.99. The monoisotopic (exact) mass is 401 g/mol. The zero-order chi connectivity index (χ0) is 18.3. The van der Waals surface area contributed by atoms with Gasteiger partial charge in [0, 0.05) is 11.4 Å². The Bertz CT molecular complexity index is 553.